The third kappa shape index (κ3) is 2.77. The monoisotopic (exact) mass is 336 g/mol. The van der Waals surface area contributed by atoms with Gasteiger partial charge in [-0.1, -0.05) is 34.5 Å². The second-order valence-electron chi connectivity index (χ2n) is 6.03. The van der Waals surface area contributed by atoms with Gasteiger partial charge < -0.3 is 10.6 Å². The Morgan fingerprint density at radius 1 is 1.45 bits per heavy atom. The van der Waals surface area contributed by atoms with Gasteiger partial charge in [0.15, 0.2) is 0 Å². The predicted molar refractivity (Wildman–Crippen MR) is 83.3 cm³/mol. The van der Waals surface area contributed by atoms with E-state index in [0.717, 1.165) is 16.6 Å². The summed E-state index contributed by atoms with van der Waals surface area (Å²) in [6.45, 7) is 3.05. The number of rotatable bonds is 3. The maximum atomic E-state index is 12.5. The van der Waals surface area contributed by atoms with Crippen LogP contribution in [0.3, 0.4) is 0 Å². The molecule has 3 nitrogen and oxygen atoms in total. The highest BCUT2D eigenvalue weighted by Crippen LogP contribution is 2.37. The third-order valence-corrected chi connectivity index (χ3v) is 5.23. The highest BCUT2D eigenvalue weighted by atomic mass is 79.9. The molecule has 1 aliphatic carbocycles. The summed E-state index contributed by atoms with van der Waals surface area (Å²) in [5.41, 5.74) is 1.13. The van der Waals surface area contributed by atoms with Gasteiger partial charge in [-0.15, -0.1) is 0 Å². The van der Waals surface area contributed by atoms with E-state index in [4.69, 9.17) is 0 Å². The Morgan fingerprint density at radius 3 is 3.10 bits per heavy atom. The smallest absolute Gasteiger partial charge is 0.237 e. The van der Waals surface area contributed by atoms with Crippen LogP contribution in [0.4, 0.5) is 0 Å². The Labute approximate surface area is 128 Å². The number of carbonyl (C=O) groups is 1. The first-order valence-corrected chi connectivity index (χ1v) is 8.23. The number of benzene rings is 1. The van der Waals surface area contributed by atoms with Gasteiger partial charge in [0.2, 0.25) is 5.91 Å². The first-order chi connectivity index (χ1) is 9.65. The van der Waals surface area contributed by atoms with Crippen LogP contribution in [-0.4, -0.2) is 18.5 Å². The highest BCUT2D eigenvalue weighted by Gasteiger charge is 2.42. The molecule has 0 bridgehead atoms. The van der Waals surface area contributed by atoms with Crippen molar-refractivity contribution < 1.29 is 4.79 Å². The fraction of sp³-hybridized carbons (Fsp3) is 0.562. The van der Waals surface area contributed by atoms with E-state index >= 15 is 0 Å². The maximum Gasteiger partial charge on any atom is 0.237 e. The molecule has 2 N–H and O–H groups in total. The quantitative estimate of drug-likeness (QED) is 0.890. The lowest BCUT2D eigenvalue weighted by Gasteiger charge is -2.21. The lowest BCUT2D eigenvalue weighted by molar-refractivity contribution is -0.124. The van der Waals surface area contributed by atoms with Crippen molar-refractivity contribution in [2.75, 3.05) is 6.54 Å². The molecular formula is C16H21BrN2O. The van der Waals surface area contributed by atoms with E-state index in [-0.39, 0.29) is 18.0 Å². The molecule has 108 valence electrons. The van der Waals surface area contributed by atoms with Gasteiger partial charge in [0, 0.05) is 4.47 Å². The molecule has 1 heterocycles. The Kier molecular flexibility index (Phi) is 4.13. The van der Waals surface area contributed by atoms with Crippen LogP contribution in [0.15, 0.2) is 28.7 Å². The molecular weight excluding hydrogens is 316 g/mol. The van der Waals surface area contributed by atoms with Crippen molar-refractivity contribution in [3.63, 3.8) is 0 Å². The molecule has 1 aromatic carbocycles. The van der Waals surface area contributed by atoms with Crippen molar-refractivity contribution in [2.24, 2.45) is 11.8 Å². The van der Waals surface area contributed by atoms with Crippen molar-refractivity contribution in [2.45, 2.75) is 38.3 Å². The fourth-order valence-electron chi connectivity index (χ4n) is 3.64. The molecule has 0 radical (unpaired) electrons. The Balaban J connectivity index is 1.64. The normalized spacial score (nSPS) is 30.0. The molecule has 20 heavy (non-hydrogen) atoms. The van der Waals surface area contributed by atoms with Gasteiger partial charge in [0.05, 0.1) is 12.1 Å². The molecule has 3 rings (SSSR count). The van der Waals surface area contributed by atoms with Crippen LogP contribution in [0.1, 0.15) is 37.8 Å². The molecule has 1 amide bonds. The number of hydrogen-bond donors (Lipinski definition) is 2. The molecule has 3 unspecified atom stereocenters. The summed E-state index contributed by atoms with van der Waals surface area (Å²) < 4.78 is 1.05. The van der Waals surface area contributed by atoms with E-state index < -0.39 is 0 Å². The largest absolute Gasteiger partial charge is 0.348 e. The Hall–Kier alpha value is -0.870. The predicted octanol–water partition coefficient (Wildman–Crippen LogP) is 3.01. The molecule has 0 spiro atoms. The van der Waals surface area contributed by atoms with Crippen LogP contribution in [0.25, 0.3) is 0 Å². The number of carbonyl (C=O) groups excluding carboxylic acids is 1. The van der Waals surface area contributed by atoms with Crippen molar-refractivity contribution in [3.8, 4) is 0 Å². The number of nitrogens with one attached hydrogen (secondary N) is 2. The van der Waals surface area contributed by atoms with Crippen LogP contribution in [-0.2, 0) is 4.79 Å². The molecule has 4 heteroatoms. The lowest BCUT2D eigenvalue weighted by Crippen LogP contribution is -2.44. The van der Waals surface area contributed by atoms with E-state index in [1.165, 1.54) is 19.3 Å². The summed E-state index contributed by atoms with van der Waals surface area (Å²) in [5.74, 6) is 1.42. The van der Waals surface area contributed by atoms with Crippen LogP contribution in [0.5, 0.6) is 0 Å². The molecule has 0 aromatic heterocycles. The SMILES string of the molecule is C[C@H](NC(=O)C1NCC2CCCC21)c1cccc(Br)c1. The molecule has 1 saturated heterocycles. The van der Waals surface area contributed by atoms with Crippen LogP contribution < -0.4 is 10.6 Å². The van der Waals surface area contributed by atoms with E-state index in [1.807, 2.05) is 19.1 Å². The van der Waals surface area contributed by atoms with Gasteiger partial charge in [-0.3, -0.25) is 4.79 Å². The first-order valence-electron chi connectivity index (χ1n) is 7.44. The second-order valence-corrected chi connectivity index (χ2v) is 6.94. The van der Waals surface area contributed by atoms with Gasteiger partial charge in [0.25, 0.3) is 0 Å². The van der Waals surface area contributed by atoms with Crippen molar-refractivity contribution in [1.82, 2.24) is 10.6 Å². The average molecular weight is 337 g/mol. The van der Waals surface area contributed by atoms with Gasteiger partial charge >= 0.3 is 0 Å². The number of amides is 1. The molecule has 2 aliphatic rings. The van der Waals surface area contributed by atoms with Gasteiger partial charge in [-0.25, -0.2) is 0 Å². The molecule has 1 aliphatic heterocycles. The van der Waals surface area contributed by atoms with Gasteiger partial charge in [0.1, 0.15) is 0 Å². The van der Waals surface area contributed by atoms with E-state index in [0.29, 0.717) is 11.8 Å². The van der Waals surface area contributed by atoms with Crippen molar-refractivity contribution in [3.05, 3.63) is 34.3 Å². The second kappa shape index (κ2) is 5.86. The summed E-state index contributed by atoms with van der Waals surface area (Å²) >= 11 is 3.47. The number of halogens is 1. The summed E-state index contributed by atoms with van der Waals surface area (Å²) in [6.07, 6.45) is 3.76. The van der Waals surface area contributed by atoms with Crippen LogP contribution in [0.2, 0.25) is 0 Å². The van der Waals surface area contributed by atoms with Gasteiger partial charge in [-0.2, -0.15) is 0 Å². The minimum absolute atomic E-state index is 0.0112. The standard InChI is InChI=1S/C16H21BrN2O/c1-10(11-4-2-6-13(17)8-11)19-16(20)15-14-7-3-5-12(14)9-18-15/h2,4,6,8,10,12,14-15,18H,3,5,7,9H2,1H3,(H,19,20)/t10-,12?,14?,15?/m0/s1. The van der Waals surface area contributed by atoms with E-state index in [9.17, 15) is 4.79 Å². The minimum atomic E-state index is 0.0112. The highest BCUT2D eigenvalue weighted by molar-refractivity contribution is 9.10. The van der Waals surface area contributed by atoms with Crippen molar-refractivity contribution in [1.29, 1.82) is 0 Å². The Morgan fingerprint density at radius 2 is 2.30 bits per heavy atom. The number of hydrogen-bond acceptors (Lipinski definition) is 2. The van der Waals surface area contributed by atoms with E-state index in [2.05, 4.69) is 38.7 Å². The molecule has 4 atom stereocenters. The minimum Gasteiger partial charge on any atom is -0.348 e. The summed E-state index contributed by atoms with van der Waals surface area (Å²) in [6, 6.07) is 8.17. The maximum absolute atomic E-state index is 12.5. The van der Waals surface area contributed by atoms with Crippen LogP contribution in [0, 0.1) is 11.8 Å². The van der Waals surface area contributed by atoms with E-state index in [1.54, 1.807) is 0 Å². The topological polar surface area (TPSA) is 41.1 Å². The average Bonchev–Trinajstić information content (AvgIpc) is 3.00. The molecule has 1 saturated carbocycles. The molecule has 2 fully saturated rings. The molecule has 1 aromatic rings. The zero-order valence-corrected chi connectivity index (χ0v) is 13.3. The summed E-state index contributed by atoms with van der Waals surface area (Å²) in [5, 5.41) is 6.56. The zero-order chi connectivity index (χ0) is 14.1. The number of fused-ring (bicyclic) bond motifs is 1. The van der Waals surface area contributed by atoms with Crippen LogP contribution >= 0.6 is 15.9 Å². The van der Waals surface area contributed by atoms with Crippen molar-refractivity contribution >= 4 is 21.8 Å². The zero-order valence-electron chi connectivity index (χ0n) is 11.7. The first kappa shape index (κ1) is 14.1. The summed E-state index contributed by atoms with van der Waals surface area (Å²) in [4.78, 5) is 12.5. The van der Waals surface area contributed by atoms with Gasteiger partial charge in [-0.05, 0) is 55.8 Å². The summed E-state index contributed by atoms with van der Waals surface area (Å²) in [7, 11) is 0. The Bertz CT molecular complexity index is 505. The lowest BCUT2D eigenvalue weighted by atomic mass is 9.93. The third-order valence-electron chi connectivity index (χ3n) is 4.74. The fourth-order valence-corrected chi connectivity index (χ4v) is 4.05.